The van der Waals surface area contributed by atoms with Crippen LogP contribution in [0.5, 0.6) is 0 Å². The summed E-state index contributed by atoms with van der Waals surface area (Å²) in [6.07, 6.45) is 1.84. The molecule has 6 heteroatoms. The lowest BCUT2D eigenvalue weighted by Crippen LogP contribution is -2.25. The predicted molar refractivity (Wildman–Crippen MR) is 90.3 cm³/mol. The van der Waals surface area contributed by atoms with Gasteiger partial charge in [0.15, 0.2) is 0 Å². The summed E-state index contributed by atoms with van der Waals surface area (Å²) in [4.78, 5) is 0. The van der Waals surface area contributed by atoms with E-state index < -0.39 is 0 Å². The molecule has 108 valence electrons. The molecule has 2 rings (SSSR count). The topological polar surface area (TPSA) is 29.9 Å². The molecule has 0 saturated heterocycles. The van der Waals surface area contributed by atoms with Gasteiger partial charge < -0.3 is 5.32 Å². The molecule has 2 aromatic rings. The molecule has 0 aliphatic rings. The third-order valence-corrected chi connectivity index (χ3v) is 4.92. The standard InChI is InChI=1S/C14H16Br2ClN3/c1-3-18-13(9-5-6-12(17)10(15)7-9)14-11(16)8-19-20(14)4-2/h5-8,13,18H,3-4H2,1-2H3. The van der Waals surface area contributed by atoms with E-state index in [9.17, 15) is 0 Å². The van der Waals surface area contributed by atoms with Gasteiger partial charge in [0.2, 0.25) is 0 Å². The lowest BCUT2D eigenvalue weighted by atomic mass is 10.0. The van der Waals surface area contributed by atoms with Crippen molar-refractivity contribution >= 4 is 43.5 Å². The van der Waals surface area contributed by atoms with Crippen LogP contribution >= 0.6 is 43.5 Å². The van der Waals surface area contributed by atoms with Gasteiger partial charge in [-0.2, -0.15) is 5.10 Å². The van der Waals surface area contributed by atoms with Crippen molar-refractivity contribution in [2.75, 3.05) is 6.54 Å². The molecule has 0 fully saturated rings. The summed E-state index contributed by atoms with van der Waals surface area (Å²) < 4.78 is 3.91. The van der Waals surface area contributed by atoms with Crippen LogP contribution in [0.15, 0.2) is 33.3 Å². The zero-order valence-corrected chi connectivity index (χ0v) is 15.3. The SMILES string of the molecule is CCNC(c1ccc(Cl)c(Br)c1)c1c(Br)cnn1CC. The molecular formula is C14H16Br2ClN3. The van der Waals surface area contributed by atoms with Gasteiger partial charge in [0.05, 0.1) is 27.4 Å². The van der Waals surface area contributed by atoms with Crippen molar-refractivity contribution in [2.24, 2.45) is 0 Å². The highest BCUT2D eigenvalue weighted by Crippen LogP contribution is 2.32. The molecule has 1 heterocycles. The Morgan fingerprint density at radius 1 is 1.30 bits per heavy atom. The Balaban J connectivity index is 2.49. The Labute approximate surface area is 141 Å². The van der Waals surface area contributed by atoms with Gasteiger partial charge >= 0.3 is 0 Å². The fourth-order valence-electron chi connectivity index (χ4n) is 2.18. The maximum Gasteiger partial charge on any atom is 0.0760 e. The Kier molecular flexibility index (Phi) is 5.66. The summed E-state index contributed by atoms with van der Waals surface area (Å²) in [5, 5.41) is 8.62. The minimum absolute atomic E-state index is 0.0744. The lowest BCUT2D eigenvalue weighted by molar-refractivity contribution is 0.540. The van der Waals surface area contributed by atoms with Crippen molar-refractivity contribution in [3.05, 3.63) is 49.6 Å². The van der Waals surface area contributed by atoms with Crippen LogP contribution < -0.4 is 5.32 Å². The summed E-state index contributed by atoms with van der Waals surface area (Å²) in [5.41, 5.74) is 2.28. The number of aryl methyl sites for hydroxylation is 1. The van der Waals surface area contributed by atoms with Crippen LogP contribution in [0.3, 0.4) is 0 Å². The van der Waals surface area contributed by atoms with E-state index in [-0.39, 0.29) is 6.04 Å². The average Bonchev–Trinajstić information content (AvgIpc) is 2.80. The zero-order chi connectivity index (χ0) is 14.7. The number of hydrogen-bond acceptors (Lipinski definition) is 2. The average molecular weight is 422 g/mol. The second-order valence-electron chi connectivity index (χ2n) is 4.36. The molecule has 1 aromatic heterocycles. The van der Waals surface area contributed by atoms with Crippen LogP contribution in [-0.2, 0) is 6.54 Å². The van der Waals surface area contributed by atoms with E-state index in [1.807, 2.05) is 23.0 Å². The second kappa shape index (κ2) is 7.07. The van der Waals surface area contributed by atoms with Gasteiger partial charge in [-0.15, -0.1) is 0 Å². The number of rotatable bonds is 5. The molecule has 0 aliphatic heterocycles. The van der Waals surface area contributed by atoms with E-state index in [1.54, 1.807) is 0 Å². The number of hydrogen-bond donors (Lipinski definition) is 1. The van der Waals surface area contributed by atoms with E-state index in [1.165, 1.54) is 0 Å². The molecule has 0 amide bonds. The predicted octanol–water partition coefficient (Wildman–Crippen LogP) is 4.78. The van der Waals surface area contributed by atoms with E-state index in [2.05, 4.69) is 62.2 Å². The van der Waals surface area contributed by atoms with Crippen molar-refractivity contribution in [3.63, 3.8) is 0 Å². The molecule has 3 nitrogen and oxygen atoms in total. The number of nitrogens with one attached hydrogen (secondary N) is 1. The Morgan fingerprint density at radius 2 is 2.05 bits per heavy atom. The summed E-state index contributed by atoms with van der Waals surface area (Å²) >= 11 is 13.2. The summed E-state index contributed by atoms with van der Waals surface area (Å²) in [5.74, 6) is 0. The highest BCUT2D eigenvalue weighted by atomic mass is 79.9. The van der Waals surface area contributed by atoms with Gasteiger partial charge in [-0.05, 0) is 63.0 Å². The number of aromatic nitrogens is 2. The van der Waals surface area contributed by atoms with E-state index >= 15 is 0 Å². The van der Waals surface area contributed by atoms with Crippen molar-refractivity contribution in [2.45, 2.75) is 26.4 Å². The van der Waals surface area contributed by atoms with Gasteiger partial charge in [-0.1, -0.05) is 24.6 Å². The first-order valence-corrected chi connectivity index (χ1v) is 8.44. The van der Waals surface area contributed by atoms with E-state index in [4.69, 9.17) is 11.6 Å². The molecule has 1 unspecified atom stereocenters. The summed E-state index contributed by atoms with van der Waals surface area (Å²) in [6.45, 7) is 5.88. The Hall–Kier alpha value is -0.360. The first-order chi connectivity index (χ1) is 9.58. The fourth-order valence-corrected chi connectivity index (χ4v) is 3.22. The monoisotopic (exact) mass is 419 g/mol. The van der Waals surface area contributed by atoms with Gasteiger partial charge in [0.25, 0.3) is 0 Å². The fraction of sp³-hybridized carbons (Fsp3) is 0.357. The number of benzene rings is 1. The van der Waals surface area contributed by atoms with Gasteiger partial charge in [0.1, 0.15) is 0 Å². The first kappa shape index (κ1) is 16.0. The molecule has 0 saturated carbocycles. The van der Waals surface area contributed by atoms with Crippen molar-refractivity contribution in [1.82, 2.24) is 15.1 Å². The first-order valence-electron chi connectivity index (χ1n) is 6.48. The normalized spacial score (nSPS) is 12.7. The smallest absolute Gasteiger partial charge is 0.0760 e. The zero-order valence-electron chi connectivity index (χ0n) is 11.3. The highest BCUT2D eigenvalue weighted by molar-refractivity contribution is 9.10. The van der Waals surface area contributed by atoms with E-state index in [0.29, 0.717) is 5.02 Å². The van der Waals surface area contributed by atoms with Crippen LogP contribution in [0.25, 0.3) is 0 Å². The van der Waals surface area contributed by atoms with Gasteiger partial charge in [-0.25, -0.2) is 0 Å². The van der Waals surface area contributed by atoms with Crippen LogP contribution in [0.1, 0.15) is 31.1 Å². The summed E-state index contributed by atoms with van der Waals surface area (Å²) in [6, 6.07) is 6.08. The van der Waals surface area contributed by atoms with Crippen LogP contribution in [0.2, 0.25) is 5.02 Å². The minimum atomic E-state index is 0.0744. The van der Waals surface area contributed by atoms with Gasteiger partial charge in [0, 0.05) is 11.0 Å². The number of halogens is 3. The van der Waals surface area contributed by atoms with Gasteiger partial charge in [-0.3, -0.25) is 4.68 Å². The summed E-state index contributed by atoms with van der Waals surface area (Å²) in [7, 11) is 0. The maximum atomic E-state index is 6.08. The van der Waals surface area contributed by atoms with Crippen LogP contribution in [0, 0.1) is 0 Å². The Bertz CT molecular complexity index is 598. The quantitative estimate of drug-likeness (QED) is 0.753. The number of nitrogens with zero attached hydrogens (tertiary/aromatic N) is 2. The molecule has 20 heavy (non-hydrogen) atoms. The maximum absolute atomic E-state index is 6.08. The molecule has 1 atom stereocenters. The van der Waals surface area contributed by atoms with Crippen molar-refractivity contribution in [3.8, 4) is 0 Å². The third kappa shape index (κ3) is 3.27. The molecule has 0 bridgehead atoms. The van der Waals surface area contributed by atoms with Crippen molar-refractivity contribution < 1.29 is 0 Å². The molecule has 1 N–H and O–H groups in total. The lowest BCUT2D eigenvalue weighted by Gasteiger charge is -2.21. The third-order valence-electron chi connectivity index (χ3n) is 3.09. The molecule has 0 spiro atoms. The van der Waals surface area contributed by atoms with Crippen LogP contribution in [0.4, 0.5) is 0 Å². The highest BCUT2D eigenvalue weighted by Gasteiger charge is 2.21. The van der Waals surface area contributed by atoms with Crippen molar-refractivity contribution in [1.29, 1.82) is 0 Å². The molecule has 1 aromatic carbocycles. The minimum Gasteiger partial charge on any atom is -0.305 e. The Morgan fingerprint density at radius 3 is 2.65 bits per heavy atom. The molecule has 0 radical (unpaired) electrons. The van der Waals surface area contributed by atoms with E-state index in [0.717, 1.165) is 33.3 Å². The molecular weight excluding hydrogens is 405 g/mol. The second-order valence-corrected chi connectivity index (χ2v) is 6.47. The largest absolute Gasteiger partial charge is 0.305 e. The molecule has 0 aliphatic carbocycles. The van der Waals surface area contributed by atoms with Crippen LogP contribution in [-0.4, -0.2) is 16.3 Å².